The van der Waals surface area contributed by atoms with Gasteiger partial charge in [-0.25, -0.2) is 0 Å². The van der Waals surface area contributed by atoms with E-state index in [0.717, 1.165) is 40.2 Å². The molecule has 144 valence electrons. The largest absolute Gasteiger partial charge is 0.454 e. The smallest absolute Gasteiger partial charge is 0.286 e. The second-order valence-corrected chi connectivity index (χ2v) is 7.46. The van der Waals surface area contributed by atoms with E-state index in [4.69, 9.17) is 4.42 Å². The first-order chi connectivity index (χ1) is 12.8. The summed E-state index contributed by atoms with van der Waals surface area (Å²) >= 11 is 3.52. The molecule has 3 rings (SSSR count). The maximum absolute atomic E-state index is 12.3. The first-order valence-electron chi connectivity index (χ1n) is 8.92. The number of carbonyl (C=O) groups is 1. The summed E-state index contributed by atoms with van der Waals surface area (Å²) in [5, 5.41) is 11.8. The molecule has 0 atom stereocenters. The fourth-order valence-corrected chi connectivity index (χ4v) is 3.26. The number of carbonyl (C=O) groups excluding carboxylic acids is 1. The van der Waals surface area contributed by atoms with Crippen molar-refractivity contribution in [1.82, 2.24) is 24.9 Å². The number of hydrogen-bond acceptors (Lipinski definition) is 4. The first-order valence-corrected chi connectivity index (χ1v) is 9.72. The van der Waals surface area contributed by atoms with Gasteiger partial charge in [-0.05, 0) is 68.2 Å². The summed E-state index contributed by atoms with van der Waals surface area (Å²) in [4.78, 5) is 12.3. The van der Waals surface area contributed by atoms with E-state index in [-0.39, 0.29) is 5.91 Å². The Morgan fingerprint density at radius 2 is 1.96 bits per heavy atom. The summed E-state index contributed by atoms with van der Waals surface area (Å²) in [6, 6.07) is 5.56. The van der Waals surface area contributed by atoms with Gasteiger partial charge in [0, 0.05) is 18.8 Å². The Morgan fingerprint density at radius 1 is 1.19 bits per heavy atom. The summed E-state index contributed by atoms with van der Waals surface area (Å²) in [5.74, 6) is 0.807. The molecule has 1 amide bonds. The summed E-state index contributed by atoms with van der Waals surface area (Å²) in [6.07, 6.45) is 0.807. The highest BCUT2D eigenvalue weighted by molar-refractivity contribution is 9.10. The van der Waals surface area contributed by atoms with Crippen LogP contribution in [0.25, 0.3) is 0 Å². The van der Waals surface area contributed by atoms with Gasteiger partial charge in [-0.15, -0.1) is 0 Å². The minimum Gasteiger partial charge on any atom is -0.454 e. The Kier molecular flexibility index (Phi) is 5.84. The average Bonchev–Trinajstić information content (AvgIpc) is 3.28. The molecule has 0 spiro atoms. The highest BCUT2D eigenvalue weighted by atomic mass is 79.9. The molecule has 0 aliphatic heterocycles. The number of halogens is 1. The molecular weight excluding hydrogens is 410 g/mol. The minimum atomic E-state index is -0.204. The predicted octanol–water partition coefficient (Wildman–Crippen LogP) is 3.54. The van der Waals surface area contributed by atoms with Gasteiger partial charge in [0.1, 0.15) is 5.76 Å². The number of nitrogens with one attached hydrogen (secondary N) is 1. The maximum atomic E-state index is 12.3. The molecule has 3 heterocycles. The quantitative estimate of drug-likeness (QED) is 0.577. The number of rotatable bonds is 7. The molecule has 8 heteroatoms. The molecule has 0 fully saturated rings. The normalized spacial score (nSPS) is 11.1. The van der Waals surface area contributed by atoms with Gasteiger partial charge in [0.25, 0.3) is 5.91 Å². The van der Waals surface area contributed by atoms with Crippen LogP contribution in [0.2, 0.25) is 0 Å². The lowest BCUT2D eigenvalue weighted by molar-refractivity contribution is 0.0923. The number of hydrogen-bond donors (Lipinski definition) is 1. The second-order valence-electron chi connectivity index (χ2n) is 6.67. The Bertz CT molecular complexity index is 954. The third-order valence-electron chi connectivity index (χ3n) is 4.42. The Balaban J connectivity index is 1.51. The first kappa shape index (κ1) is 19.4. The van der Waals surface area contributed by atoms with Crippen molar-refractivity contribution in [2.45, 2.75) is 47.2 Å². The van der Waals surface area contributed by atoms with E-state index in [0.29, 0.717) is 24.6 Å². The van der Waals surface area contributed by atoms with Crippen molar-refractivity contribution in [3.05, 3.63) is 57.0 Å². The third-order valence-corrected chi connectivity index (χ3v) is 5.57. The zero-order valence-corrected chi connectivity index (χ0v) is 17.6. The summed E-state index contributed by atoms with van der Waals surface area (Å²) < 4.78 is 10.5. The third kappa shape index (κ3) is 4.50. The van der Waals surface area contributed by atoms with Crippen LogP contribution >= 0.6 is 15.9 Å². The van der Waals surface area contributed by atoms with Gasteiger partial charge in [0.05, 0.1) is 28.1 Å². The van der Waals surface area contributed by atoms with Gasteiger partial charge in [-0.3, -0.25) is 14.2 Å². The maximum Gasteiger partial charge on any atom is 0.286 e. The highest BCUT2D eigenvalue weighted by Crippen LogP contribution is 2.21. The van der Waals surface area contributed by atoms with Crippen molar-refractivity contribution in [2.24, 2.45) is 0 Å². The molecule has 0 unspecified atom stereocenters. The van der Waals surface area contributed by atoms with Gasteiger partial charge < -0.3 is 9.73 Å². The van der Waals surface area contributed by atoms with Crippen LogP contribution in [0.15, 0.2) is 27.1 Å². The molecule has 27 heavy (non-hydrogen) atoms. The van der Waals surface area contributed by atoms with E-state index < -0.39 is 0 Å². The van der Waals surface area contributed by atoms with E-state index in [1.54, 1.807) is 6.07 Å². The summed E-state index contributed by atoms with van der Waals surface area (Å²) in [5.41, 5.74) is 4.10. The second kappa shape index (κ2) is 8.12. The average molecular weight is 434 g/mol. The van der Waals surface area contributed by atoms with E-state index in [1.165, 1.54) is 0 Å². The molecule has 0 bridgehead atoms. The standard InChI is InChI=1S/C19H24BrN5O2/c1-12-10-13(2)24(22-12)9-5-8-21-19(26)17-7-6-16(27-17)11-25-15(4)18(20)14(3)23-25/h6-7,10H,5,8-9,11H2,1-4H3,(H,21,26). The van der Waals surface area contributed by atoms with Gasteiger partial charge in [-0.1, -0.05) is 0 Å². The van der Waals surface area contributed by atoms with Crippen molar-refractivity contribution >= 4 is 21.8 Å². The SMILES string of the molecule is Cc1cc(C)n(CCCNC(=O)c2ccc(Cn3nc(C)c(Br)c3C)o2)n1. The fourth-order valence-electron chi connectivity index (χ4n) is 2.98. The summed E-state index contributed by atoms with van der Waals surface area (Å²) in [7, 11) is 0. The van der Waals surface area contributed by atoms with Crippen LogP contribution in [-0.2, 0) is 13.1 Å². The van der Waals surface area contributed by atoms with Crippen LogP contribution in [-0.4, -0.2) is 32.0 Å². The number of amides is 1. The van der Waals surface area contributed by atoms with Crippen LogP contribution in [0.5, 0.6) is 0 Å². The van der Waals surface area contributed by atoms with E-state index in [1.807, 2.05) is 49.2 Å². The van der Waals surface area contributed by atoms with Crippen molar-refractivity contribution in [3.63, 3.8) is 0 Å². The molecule has 0 radical (unpaired) electrons. The molecule has 0 saturated heterocycles. The van der Waals surface area contributed by atoms with Gasteiger partial charge in [0.15, 0.2) is 5.76 Å². The zero-order chi connectivity index (χ0) is 19.6. The number of nitrogens with zero attached hydrogens (tertiary/aromatic N) is 4. The van der Waals surface area contributed by atoms with E-state index in [2.05, 4.69) is 31.4 Å². The molecule has 3 aromatic heterocycles. The van der Waals surface area contributed by atoms with Gasteiger partial charge >= 0.3 is 0 Å². The summed E-state index contributed by atoms with van der Waals surface area (Å²) in [6.45, 7) is 9.77. The lowest BCUT2D eigenvalue weighted by Crippen LogP contribution is -2.25. The molecule has 0 aliphatic carbocycles. The van der Waals surface area contributed by atoms with Crippen LogP contribution < -0.4 is 5.32 Å². The predicted molar refractivity (Wildman–Crippen MR) is 106 cm³/mol. The highest BCUT2D eigenvalue weighted by Gasteiger charge is 2.14. The van der Waals surface area contributed by atoms with Crippen LogP contribution in [0.3, 0.4) is 0 Å². The molecule has 0 aromatic carbocycles. The van der Waals surface area contributed by atoms with Crippen LogP contribution in [0.4, 0.5) is 0 Å². The number of aryl methyl sites for hydroxylation is 4. The van der Waals surface area contributed by atoms with Crippen LogP contribution in [0.1, 0.15) is 45.5 Å². The minimum absolute atomic E-state index is 0.204. The Morgan fingerprint density at radius 3 is 2.59 bits per heavy atom. The van der Waals surface area contributed by atoms with Gasteiger partial charge in [0.2, 0.25) is 0 Å². The van der Waals surface area contributed by atoms with Crippen molar-refractivity contribution in [1.29, 1.82) is 0 Å². The molecule has 7 nitrogen and oxygen atoms in total. The fraction of sp³-hybridized carbons (Fsp3) is 0.421. The monoisotopic (exact) mass is 433 g/mol. The molecule has 0 saturated carbocycles. The van der Waals surface area contributed by atoms with Crippen molar-refractivity contribution in [3.8, 4) is 0 Å². The molecular formula is C19H24BrN5O2. The topological polar surface area (TPSA) is 77.9 Å². The molecule has 3 aromatic rings. The number of aromatic nitrogens is 4. The van der Waals surface area contributed by atoms with Crippen LogP contribution in [0, 0.1) is 27.7 Å². The zero-order valence-electron chi connectivity index (χ0n) is 16.0. The number of furan rings is 1. The van der Waals surface area contributed by atoms with Gasteiger partial charge in [-0.2, -0.15) is 10.2 Å². The lowest BCUT2D eigenvalue weighted by Gasteiger charge is -2.06. The molecule has 0 aliphatic rings. The van der Waals surface area contributed by atoms with Crippen molar-refractivity contribution in [2.75, 3.05) is 6.54 Å². The van der Waals surface area contributed by atoms with E-state index >= 15 is 0 Å². The Labute approximate surface area is 166 Å². The Hall–Kier alpha value is -2.35. The lowest BCUT2D eigenvalue weighted by atomic mass is 10.3. The van der Waals surface area contributed by atoms with E-state index in [9.17, 15) is 4.79 Å². The molecule has 1 N–H and O–H groups in total. The van der Waals surface area contributed by atoms with Crippen molar-refractivity contribution < 1.29 is 9.21 Å².